The van der Waals surface area contributed by atoms with E-state index in [4.69, 9.17) is 19.4 Å². The van der Waals surface area contributed by atoms with Crippen molar-refractivity contribution in [2.45, 2.75) is 76.8 Å². The second-order valence-corrected chi connectivity index (χ2v) is 15.1. The summed E-state index contributed by atoms with van der Waals surface area (Å²) in [5.74, 6) is 2.22. The zero-order chi connectivity index (χ0) is 32.1. The third kappa shape index (κ3) is 6.02. The van der Waals surface area contributed by atoms with Crippen LogP contribution in [0.25, 0.3) is 32.0 Å². The van der Waals surface area contributed by atoms with Crippen LogP contribution in [-0.4, -0.2) is 77.5 Å². The number of aromatic nitrogens is 2. The second kappa shape index (κ2) is 12.8. The number of piperazine rings is 1. The highest BCUT2D eigenvalue weighted by Gasteiger charge is 2.35. The molecule has 4 aliphatic heterocycles. The molecule has 8 nitrogen and oxygen atoms in total. The fourth-order valence-electron chi connectivity index (χ4n) is 8.27. The number of aryl methyl sites for hydroxylation is 1. The van der Waals surface area contributed by atoms with E-state index in [1.807, 2.05) is 6.92 Å². The second-order valence-electron chi connectivity index (χ2n) is 14.1. The van der Waals surface area contributed by atoms with Crippen LogP contribution in [0.5, 0.6) is 5.75 Å². The quantitative estimate of drug-likeness (QED) is 0.247. The summed E-state index contributed by atoms with van der Waals surface area (Å²) in [6.45, 7) is 9.90. The van der Waals surface area contributed by atoms with Crippen LogP contribution in [0.2, 0.25) is 0 Å². The van der Waals surface area contributed by atoms with E-state index in [1.165, 1.54) is 24.8 Å². The number of benzene rings is 2. The predicted octanol–water partition coefficient (Wildman–Crippen LogP) is 7.32. The molecule has 9 heteroatoms. The number of hydrogen-bond acceptors (Lipinski definition) is 8. The minimum absolute atomic E-state index is 0.0341. The van der Waals surface area contributed by atoms with Gasteiger partial charge in [-0.15, -0.1) is 11.3 Å². The van der Waals surface area contributed by atoms with Crippen LogP contribution in [0.3, 0.4) is 0 Å². The van der Waals surface area contributed by atoms with Gasteiger partial charge in [-0.05, 0) is 90.6 Å². The van der Waals surface area contributed by atoms with E-state index in [1.54, 1.807) is 11.3 Å². The van der Waals surface area contributed by atoms with Gasteiger partial charge in [0, 0.05) is 31.2 Å². The molecule has 3 unspecified atom stereocenters. The van der Waals surface area contributed by atoms with E-state index in [2.05, 4.69) is 59.2 Å². The minimum atomic E-state index is -0.828. The minimum Gasteiger partial charge on any atom is -0.493 e. The van der Waals surface area contributed by atoms with E-state index >= 15 is 0 Å². The lowest BCUT2D eigenvalue weighted by Gasteiger charge is -2.47. The van der Waals surface area contributed by atoms with Crippen LogP contribution in [-0.2, 0) is 16.0 Å². The molecule has 2 aromatic heterocycles. The molecule has 47 heavy (non-hydrogen) atoms. The number of pyridine rings is 1. The summed E-state index contributed by atoms with van der Waals surface area (Å²) in [5, 5.41) is 10.8. The van der Waals surface area contributed by atoms with Crippen molar-refractivity contribution in [1.29, 1.82) is 0 Å². The number of hydrogen-bond donors (Lipinski definition) is 1. The maximum Gasteiger partial charge on any atom is 0.307 e. The molecule has 0 amide bonds. The van der Waals surface area contributed by atoms with Crippen LogP contribution >= 0.6 is 11.3 Å². The fourth-order valence-corrected chi connectivity index (χ4v) is 9.37. The summed E-state index contributed by atoms with van der Waals surface area (Å²) in [4.78, 5) is 27.8. The highest BCUT2D eigenvalue weighted by molar-refractivity contribution is 7.22. The molecule has 6 bridgehead atoms. The van der Waals surface area contributed by atoms with Crippen LogP contribution in [0.1, 0.15) is 68.1 Å². The van der Waals surface area contributed by atoms with Gasteiger partial charge in [0.15, 0.2) is 0 Å². The molecule has 8 rings (SSSR count). The molecule has 0 radical (unpaired) electrons. The summed E-state index contributed by atoms with van der Waals surface area (Å²) in [6, 6.07) is 15.8. The largest absolute Gasteiger partial charge is 0.493 e. The average Bonchev–Trinajstić information content (AvgIpc) is 3.45. The molecule has 4 aromatic rings. The maximum atomic E-state index is 12.2. The number of anilines is 1. The van der Waals surface area contributed by atoms with Crippen LogP contribution in [0, 0.1) is 12.8 Å². The Balaban J connectivity index is 1.26. The number of aliphatic carboxylic acids is 1. The fraction of sp³-hybridized carbons (Fsp3) is 0.500. The first-order chi connectivity index (χ1) is 22.9. The molecule has 2 aromatic carbocycles. The van der Waals surface area contributed by atoms with Gasteiger partial charge in [0.25, 0.3) is 0 Å². The number of fused-ring (bicyclic) bond motifs is 8. The van der Waals surface area contributed by atoms with E-state index in [-0.39, 0.29) is 6.42 Å². The number of carboxylic acid groups (broad SMARTS) is 1. The van der Waals surface area contributed by atoms with E-state index < -0.39 is 5.97 Å². The first-order valence-electron chi connectivity index (χ1n) is 17.4. The van der Waals surface area contributed by atoms with Crippen molar-refractivity contribution in [2.75, 3.05) is 44.4 Å². The van der Waals surface area contributed by atoms with Gasteiger partial charge < -0.3 is 19.5 Å². The molecule has 6 heterocycles. The van der Waals surface area contributed by atoms with Crippen molar-refractivity contribution in [3.8, 4) is 27.6 Å². The van der Waals surface area contributed by atoms with Gasteiger partial charge >= 0.3 is 5.97 Å². The van der Waals surface area contributed by atoms with Crippen LogP contribution < -0.4 is 9.64 Å². The van der Waals surface area contributed by atoms with Crippen molar-refractivity contribution in [1.82, 2.24) is 14.9 Å². The molecule has 3 atom stereocenters. The summed E-state index contributed by atoms with van der Waals surface area (Å²) < 4.78 is 12.7. The van der Waals surface area contributed by atoms with Crippen molar-refractivity contribution < 1.29 is 19.4 Å². The van der Waals surface area contributed by atoms with E-state index in [0.717, 1.165) is 113 Å². The Bertz CT molecular complexity index is 1800. The molecular formula is C38H44N4O4S. The highest BCUT2D eigenvalue weighted by atomic mass is 32.1. The topological polar surface area (TPSA) is 88.0 Å². The standard InChI is InChI=1S/C38H44N4O4S/c1-23-6-3-4-7-25-12-15-46-33-11-10-26(18-30(25)33)36-29(19-35(43)44)24(2)17-32-37(36)47-38(40-32)31-8-5-9-34(39-31)42-14-13-41(20-27(42)16-23)28-21-45-22-28/h5,8-11,17-18,23,25,27-28H,3-4,6-7,12-16,19-22H2,1-2H3,(H,43,44). The molecule has 2 saturated heterocycles. The lowest BCUT2D eigenvalue weighted by molar-refractivity contribution is -0.136. The average molecular weight is 653 g/mol. The number of thiazole rings is 1. The van der Waals surface area contributed by atoms with Gasteiger partial charge in [0.1, 0.15) is 22.3 Å². The summed E-state index contributed by atoms with van der Waals surface area (Å²) in [7, 11) is 0. The molecule has 0 saturated carbocycles. The molecule has 1 N–H and O–H groups in total. The van der Waals surface area contributed by atoms with E-state index in [9.17, 15) is 9.90 Å². The summed E-state index contributed by atoms with van der Waals surface area (Å²) in [5.41, 5.74) is 6.85. The Morgan fingerprint density at radius 2 is 1.91 bits per heavy atom. The zero-order valence-electron chi connectivity index (χ0n) is 27.4. The third-order valence-corrected chi connectivity index (χ3v) is 12.0. The first-order valence-corrected chi connectivity index (χ1v) is 18.2. The van der Waals surface area contributed by atoms with Gasteiger partial charge in [-0.3, -0.25) is 9.69 Å². The molecule has 4 aliphatic rings. The Labute approximate surface area is 280 Å². The van der Waals surface area contributed by atoms with Crippen molar-refractivity contribution in [3.05, 3.63) is 59.2 Å². The predicted molar refractivity (Wildman–Crippen MR) is 187 cm³/mol. The maximum absolute atomic E-state index is 12.2. The highest BCUT2D eigenvalue weighted by Crippen LogP contribution is 2.45. The van der Waals surface area contributed by atoms with Crippen LogP contribution in [0.4, 0.5) is 5.82 Å². The monoisotopic (exact) mass is 652 g/mol. The number of rotatable bonds is 3. The van der Waals surface area contributed by atoms with Gasteiger partial charge in [0.05, 0.1) is 42.5 Å². The molecule has 2 fully saturated rings. The number of nitrogens with zero attached hydrogens (tertiary/aromatic N) is 4. The Morgan fingerprint density at radius 1 is 1.04 bits per heavy atom. The van der Waals surface area contributed by atoms with Gasteiger partial charge in [-0.25, -0.2) is 9.97 Å². The summed E-state index contributed by atoms with van der Waals surface area (Å²) in [6.07, 6.45) is 6.91. The first kappa shape index (κ1) is 30.8. The lowest BCUT2D eigenvalue weighted by atomic mass is 9.84. The van der Waals surface area contributed by atoms with E-state index in [0.29, 0.717) is 23.9 Å². The normalized spacial score (nSPS) is 23.7. The number of carbonyl (C=O) groups is 1. The lowest BCUT2D eigenvalue weighted by Crippen LogP contribution is -2.60. The van der Waals surface area contributed by atoms with Gasteiger partial charge in [-0.1, -0.05) is 38.3 Å². The molecule has 0 aliphatic carbocycles. The number of ether oxygens (including phenoxy) is 2. The molecular weight excluding hydrogens is 609 g/mol. The smallest absolute Gasteiger partial charge is 0.307 e. The summed E-state index contributed by atoms with van der Waals surface area (Å²) >= 11 is 1.62. The van der Waals surface area contributed by atoms with Gasteiger partial charge in [0.2, 0.25) is 0 Å². The van der Waals surface area contributed by atoms with Crippen molar-refractivity contribution in [3.63, 3.8) is 0 Å². The Morgan fingerprint density at radius 3 is 2.74 bits per heavy atom. The van der Waals surface area contributed by atoms with Crippen LogP contribution in [0.15, 0.2) is 42.5 Å². The Kier molecular flexibility index (Phi) is 8.40. The van der Waals surface area contributed by atoms with Gasteiger partial charge in [-0.2, -0.15) is 0 Å². The number of carboxylic acids is 1. The molecule has 0 spiro atoms. The third-order valence-electron chi connectivity index (χ3n) is 10.9. The Hall–Kier alpha value is -3.53. The van der Waals surface area contributed by atoms with Crippen molar-refractivity contribution in [2.24, 2.45) is 5.92 Å². The molecule has 246 valence electrons. The zero-order valence-corrected chi connectivity index (χ0v) is 28.2. The van der Waals surface area contributed by atoms with Crippen molar-refractivity contribution >= 4 is 33.3 Å². The SMILES string of the molecule is Cc1cc2nc3sc2c(c1CC(=O)O)-c1ccc2c(c1)C(CCCCC(C)CC1CN(C4COC4)CCN1c1cccc-3n1)CCO2.